The van der Waals surface area contributed by atoms with E-state index in [2.05, 4.69) is 191 Å². The van der Waals surface area contributed by atoms with E-state index in [-0.39, 0.29) is 67.2 Å². The van der Waals surface area contributed by atoms with Crippen molar-refractivity contribution in [1.29, 1.82) is 0 Å². The smallest absolute Gasteiger partial charge is 0.368 e. The molecule has 0 atom stereocenters. The van der Waals surface area contributed by atoms with Gasteiger partial charge < -0.3 is 33.8 Å². The van der Waals surface area contributed by atoms with Crippen molar-refractivity contribution in [2.45, 2.75) is 135 Å². The lowest BCUT2D eigenvalue weighted by Crippen LogP contribution is -2.23. The summed E-state index contributed by atoms with van der Waals surface area (Å²) in [5, 5.41) is 70.1. The van der Waals surface area contributed by atoms with Crippen molar-refractivity contribution in [2.75, 3.05) is 13.4 Å². The minimum Gasteiger partial charge on any atom is -0.482 e. The molecule has 48 heteroatoms. The van der Waals surface area contributed by atoms with Crippen LogP contribution in [-0.2, 0) is 116 Å². The Balaban J connectivity index is 0.000000186. The standard InChI is InChI=1S/C14H16IN5O2.C14H18IN5O2.C13H17N5O2.C12H14IN5O3.C12H14IN5O2S.C12H15N5O2/c1-9(10-6-7-10)16-22-8-11-12(15)4-3-5-13(11)20-14(21)19(2)17-18-20;1-4-6-10(2)16-22-9-11-12(15)7-5-8-13(11)20-14(21)19(3)17-18-20;1-9(2)14-20-8-11-10(3)6-5-7-12(11)18-13(19)17(4)15-16-18;1-8(20-3)14-21-7-9-10(13)5-4-6-11(9)18-12(19)17(2)15-16-18;1-8(21-3)14-20-7-9-10(13)5-4-6-11(9)18-12(19)17(2)15-16-18;1-4-13-19-8-10-9(2)6-5-7-11(10)17-12(18)16(3)14-15-17/h3-5,10H,6-8H2,1-2H3;5,7-8H,4,6,9H2,1-3H3;5-7H,8H2,1-4H3;2*4-6H,7H2,1-3H3;4-7H,8H2,1-3H3. The molecule has 0 aliphatic heterocycles. The summed E-state index contributed by atoms with van der Waals surface area (Å²) in [6.07, 6.45) is 7.82. The highest BCUT2D eigenvalue weighted by Crippen LogP contribution is 2.31. The van der Waals surface area contributed by atoms with E-state index in [1.807, 2.05) is 152 Å². The summed E-state index contributed by atoms with van der Waals surface area (Å²) in [7, 11) is 10.9. The minimum absolute atomic E-state index is 0.193. The third kappa shape index (κ3) is 27.5. The van der Waals surface area contributed by atoms with Gasteiger partial charge in [-0.25, -0.2) is 28.8 Å². The first-order valence-electron chi connectivity index (χ1n) is 38.0. The number of thioether (sulfide) groups is 1. The van der Waals surface area contributed by atoms with E-state index in [1.54, 1.807) is 74.5 Å². The van der Waals surface area contributed by atoms with Gasteiger partial charge in [0.25, 0.3) is 0 Å². The van der Waals surface area contributed by atoms with Gasteiger partial charge in [-0.1, -0.05) is 92.8 Å². The number of ether oxygens (including phenoxy) is 1. The van der Waals surface area contributed by atoms with Crippen LogP contribution < -0.4 is 34.1 Å². The SMILES string of the molecule is CC(=NOCc1c(I)cccc1-n1nnn(C)c1=O)C1CC1.CC(C)=NOCc1c(C)cccc1-n1nnn(C)c1=O.CC=NOCc1c(C)cccc1-n1nnn(C)c1=O.CCCC(C)=NOCc1c(I)cccc1-n1nnn(C)c1=O.COC(C)=NOCc1c(I)cccc1-n1nnn(C)c1=O.CSC(C)=NOCc1c(I)cccc1-n1nnn(C)c1=O. The number of nitrogens with zero attached hydrogens (tertiary/aromatic N) is 30. The van der Waals surface area contributed by atoms with Gasteiger partial charge in [0.15, 0.2) is 0 Å². The van der Waals surface area contributed by atoms with Gasteiger partial charge in [-0.2, -0.15) is 56.2 Å². The highest BCUT2D eigenvalue weighted by Gasteiger charge is 2.26. The fourth-order valence-electron chi connectivity index (χ4n) is 10.7. The van der Waals surface area contributed by atoms with Gasteiger partial charge in [0.05, 0.1) is 58.4 Å². The molecule has 6 aromatic carbocycles. The predicted octanol–water partition coefficient (Wildman–Crippen LogP) is 8.97. The van der Waals surface area contributed by atoms with Gasteiger partial charge in [-0.15, -0.1) is 11.8 Å². The predicted molar refractivity (Wildman–Crippen MR) is 502 cm³/mol. The molecule has 12 aromatic rings. The molecule has 0 unspecified atom stereocenters. The number of aryl methyl sites for hydroxylation is 8. The molecule has 1 fully saturated rings. The number of hydrogen-bond donors (Lipinski definition) is 0. The average Bonchev–Trinajstić information content (AvgIpc) is 1.73. The Morgan fingerprint density at radius 3 is 0.960 bits per heavy atom. The van der Waals surface area contributed by atoms with E-state index < -0.39 is 0 Å². The van der Waals surface area contributed by atoms with Crippen molar-refractivity contribution in [2.24, 2.45) is 79.1 Å². The molecule has 1 aliphatic carbocycles. The molecule has 0 radical (unpaired) electrons. The second-order valence-corrected chi connectivity index (χ2v) is 32.8. The Morgan fingerprint density at radius 1 is 0.400 bits per heavy atom. The van der Waals surface area contributed by atoms with Crippen LogP contribution in [-0.4, -0.2) is 166 Å². The van der Waals surface area contributed by atoms with Crippen molar-refractivity contribution >= 4 is 136 Å². The van der Waals surface area contributed by atoms with E-state index in [0.29, 0.717) is 52.5 Å². The average molecular weight is 2190 g/mol. The van der Waals surface area contributed by atoms with Crippen LogP contribution in [0.5, 0.6) is 0 Å². The molecule has 0 spiro atoms. The fraction of sp³-hybridized carbons (Fsp3) is 0.377. The number of rotatable bonds is 27. The Bertz CT molecular complexity index is 6110. The molecule has 664 valence electrons. The lowest BCUT2D eigenvalue weighted by atomic mass is 10.1. The van der Waals surface area contributed by atoms with E-state index in [0.717, 1.165) is 98.5 Å². The molecule has 6 heterocycles. The first kappa shape index (κ1) is 98.9. The first-order valence-corrected chi connectivity index (χ1v) is 43.6. The maximum atomic E-state index is 12.0. The second-order valence-electron chi connectivity index (χ2n) is 27.1. The molecule has 0 saturated heterocycles. The summed E-state index contributed by atoms with van der Waals surface area (Å²) in [5.74, 6) is 0.996. The van der Waals surface area contributed by atoms with Crippen LogP contribution in [0.25, 0.3) is 34.1 Å². The zero-order valence-electron chi connectivity index (χ0n) is 71.8. The molecule has 125 heavy (non-hydrogen) atoms. The summed E-state index contributed by atoms with van der Waals surface area (Å²) in [4.78, 5) is 104. The molecule has 6 aromatic heterocycles. The molecule has 0 bridgehead atoms. The minimum atomic E-state index is -0.324. The normalized spacial score (nSPS) is 12.0. The van der Waals surface area contributed by atoms with Gasteiger partial charge in [0.2, 0.25) is 5.90 Å². The number of halogens is 4. The van der Waals surface area contributed by atoms with E-state index in [9.17, 15) is 28.8 Å². The highest BCUT2D eigenvalue weighted by atomic mass is 127. The number of tetrazole rings is 6. The Hall–Kier alpha value is -11.6. The van der Waals surface area contributed by atoms with Crippen LogP contribution in [0, 0.1) is 34.0 Å². The summed E-state index contributed by atoms with van der Waals surface area (Å²) in [6.45, 7) is 20.5. The van der Waals surface area contributed by atoms with E-state index >= 15 is 0 Å². The third-order valence-corrected chi connectivity index (χ3v) is 22.4. The molecule has 0 amide bonds. The monoisotopic (exact) mass is 2190 g/mol. The van der Waals surface area contributed by atoms with E-state index in [4.69, 9.17) is 33.8 Å². The fourth-order valence-corrected chi connectivity index (χ4v) is 13.4. The van der Waals surface area contributed by atoms with Crippen LogP contribution in [0.15, 0.2) is 169 Å². The quantitative estimate of drug-likeness (QED) is 0.0200. The van der Waals surface area contributed by atoms with Crippen molar-refractivity contribution in [1.82, 2.24) is 119 Å². The van der Waals surface area contributed by atoms with E-state index in [1.165, 1.54) is 83.2 Å². The molecule has 1 saturated carbocycles. The van der Waals surface area contributed by atoms with Crippen molar-refractivity contribution in [3.8, 4) is 34.1 Å². The summed E-state index contributed by atoms with van der Waals surface area (Å²) < 4.78 is 23.4. The van der Waals surface area contributed by atoms with Gasteiger partial charge >= 0.3 is 34.1 Å². The zero-order valence-corrected chi connectivity index (χ0v) is 81.2. The van der Waals surface area contributed by atoms with Gasteiger partial charge in [0.1, 0.15) is 44.7 Å². The van der Waals surface area contributed by atoms with Crippen LogP contribution >= 0.6 is 102 Å². The molecule has 43 nitrogen and oxygen atoms in total. The molecular formula is C77H94I4N30O13S. The maximum Gasteiger partial charge on any atom is 0.368 e. The third-order valence-electron chi connectivity index (χ3n) is 17.7. The lowest BCUT2D eigenvalue weighted by molar-refractivity contribution is 0.121. The first-order chi connectivity index (χ1) is 59.8. The number of hydrogen-bond acceptors (Lipinski definition) is 32. The van der Waals surface area contributed by atoms with Crippen LogP contribution in [0.2, 0.25) is 0 Å². The second kappa shape index (κ2) is 48.6. The zero-order chi connectivity index (χ0) is 91.1. The maximum absolute atomic E-state index is 12.0. The summed E-state index contributed by atoms with van der Waals surface area (Å²) in [5.41, 5.74) is 12.0. The van der Waals surface area contributed by atoms with Crippen LogP contribution in [0.1, 0.15) is 126 Å². The Labute approximate surface area is 774 Å². The molecule has 0 N–H and O–H groups in total. The van der Waals surface area contributed by atoms with Crippen LogP contribution in [0.4, 0.5) is 0 Å². The number of methoxy groups -OCH3 is 1. The number of oxime groups is 6. The van der Waals surface area contributed by atoms with Crippen LogP contribution in [0.3, 0.4) is 0 Å². The molecular weight excluding hydrogens is 2090 g/mol. The number of benzene rings is 6. The van der Waals surface area contributed by atoms with Gasteiger partial charge in [-0.05, 0) is 306 Å². The molecule has 13 rings (SSSR count). The van der Waals surface area contributed by atoms with Crippen molar-refractivity contribution < 1.29 is 33.8 Å². The molecule has 1 aliphatic rings. The topological polar surface area (TPSA) is 455 Å². The summed E-state index contributed by atoms with van der Waals surface area (Å²) >= 11 is 10.3. The Morgan fingerprint density at radius 2 is 0.680 bits per heavy atom. The number of aromatic nitrogens is 24. The lowest BCUT2D eigenvalue weighted by Gasteiger charge is -2.10. The van der Waals surface area contributed by atoms with Crippen molar-refractivity contribution in [3.63, 3.8) is 0 Å². The van der Waals surface area contributed by atoms with Crippen molar-refractivity contribution in [3.05, 3.63) is 231 Å². The van der Waals surface area contributed by atoms with Gasteiger partial charge in [-0.3, -0.25) is 0 Å². The van der Waals surface area contributed by atoms with Gasteiger partial charge in [0, 0.05) is 109 Å². The highest BCUT2D eigenvalue weighted by molar-refractivity contribution is 14.1. The summed E-state index contributed by atoms with van der Waals surface area (Å²) in [6, 6.07) is 33.7. The Kier molecular flexibility index (Phi) is 38.5. The largest absolute Gasteiger partial charge is 0.482 e.